The molecule has 0 amide bonds. The highest BCUT2D eigenvalue weighted by molar-refractivity contribution is 6.10. The molecule has 2 aliphatic rings. The maximum atomic E-state index is 10.2. The van der Waals surface area contributed by atoms with E-state index in [4.69, 9.17) is 6.57 Å². The zero-order chi connectivity index (χ0) is 36.2. The van der Waals surface area contributed by atoms with Crippen molar-refractivity contribution in [2.24, 2.45) is 0 Å². The van der Waals surface area contributed by atoms with E-state index < -0.39 is 0 Å². The van der Waals surface area contributed by atoms with Gasteiger partial charge in [-0.3, -0.25) is 0 Å². The maximum Gasteiger partial charge on any atom is 0.243 e. The van der Waals surface area contributed by atoms with Gasteiger partial charge < -0.3 is 33.6 Å². The summed E-state index contributed by atoms with van der Waals surface area (Å²) in [6, 6.07) is 53.5. The van der Waals surface area contributed by atoms with Crippen LogP contribution in [0.3, 0.4) is 0 Å². The number of fused-ring (bicyclic) bond motifs is 6. The molecule has 2 aliphatic heterocycles. The Balaban J connectivity index is 0.875. The van der Waals surface area contributed by atoms with Gasteiger partial charge in [0.05, 0.1) is 41.8 Å². The van der Waals surface area contributed by atoms with Crippen molar-refractivity contribution in [2.45, 2.75) is 0 Å². The molecule has 8 nitrogen and oxygen atoms in total. The van der Waals surface area contributed by atoms with Gasteiger partial charge in [0, 0.05) is 56.7 Å². The molecule has 0 radical (unpaired) electrons. The highest BCUT2D eigenvalue weighted by Gasteiger charge is 2.28. The van der Waals surface area contributed by atoms with E-state index in [0.29, 0.717) is 37.9 Å². The first-order chi connectivity index (χ1) is 26.7. The summed E-state index contributed by atoms with van der Waals surface area (Å²) in [5, 5.41) is 15.1. The van der Waals surface area contributed by atoms with E-state index >= 15 is 0 Å². The van der Waals surface area contributed by atoms with Crippen molar-refractivity contribution < 1.29 is 0 Å². The van der Waals surface area contributed by atoms with Gasteiger partial charge in [-0.1, -0.05) is 91.5 Å². The summed E-state index contributed by atoms with van der Waals surface area (Å²) >= 11 is 0. The van der Waals surface area contributed by atoms with Crippen LogP contribution in [0.4, 0.5) is 11.4 Å². The Bertz CT molecular complexity index is 2610. The number of benzene rings is 6. The molecule has 0 unspecified atom stereocenters. The molecule has 2 aromatic heterocycles. The van der Waals surface area contributed by atoms with Gasteiger partial charge in [-0.25, -0.2) is 0 Å². The topological polar surface area (TPSA) is 51.0 Å². The molecule has 0 N–H and O–H groups in total. The van der Waals surface area contributed by atoms with Crippen molar-refractivity contribution in [1.29, 1.82) is 5.26 Å². The summed E-state index contributed by atoms with van der Waals surface area (Å²) in [6.45, 7) is 10.3. The van der Waals surface area contributed by atoms with Gasteiger partial charge in [-0.05, 0) is 60.7 Å². The quantitative estimate of drug-likeness (QED) is 0.155. The van der Waals surface area contributed by atoms with Crippen molar-refractivity contribution in [3.8, 4) is 17.4 Å². The fourth-order valence-corrected chi connectivity index (χ4v) is 8.20. The summed E-state index contributed by atoms with van der Waals surface area (Å²) in [6.07, 6.45) is 3.88. The van der Waals surface area contributed by atoms with Crippen molar-refractivity contribution >= 4 is 55.0 Å². The summed E-state index contributed by atoms with van der Waals surface area (Å²) < 4.78 is 4.63. The SMILES string of the molecule is [C-]#[N+]C1=CN(c2cccc(-n3c4ccccc4c4ccccc43)c2)CN1CCN1CN(c2cccc(-n3c4ccccc4c4ccccc43)c2)C=C1C#N. The van der Waals surface area contributed by atoms with E-state index in [9.17, 15) is 5.26 Å². The van der Waals surface area contributed by atoms with Crippen LogP contribution < -0.4 is 9.80 Å². The summed E-state index contributed by atoms with van der Waals surface area (Å²) in [5.74, 6) is 0.592. The summed E-state index contributed by atoms with van der Waals surface area (Å²) in [5.41, 5.74) is 9.44. The molecule has 0 bridgehead atoms. The van der Waals surface area contributed by atoms with Gasteiger partial charge in [-0.2, -0.15) is 5.26 Å². The molecule has 8 heteroatoms. The first-order valence-electron chi connectivity index (χ1n) is 18.1. The standard InChI is InChI=1S/C46H34N8/c1-48-46-30-52(34-13-11-15-36(27-34)54-44-22-8-4-18-40(44)41-19-5-9-23-45(41)54)32-50(46)25-24-49-31-51(29-37(49)28-47)33-12-10-14-35(26-33)53-42-20-6-2-16-38(42)39-17-3-7-21-43(39)53/h2-23,26-27,29-30H,24-25,31-32H2. The number of allylic oxidation sites excluding steroid dienone is 1. The second-order valence-corrected chi connectivity index (χ2v) is 13.8. The fourth-order valence-electron chi connectivity index (χ4n) is 8.20. The minimum Gasteiger partial charge on any atom is -0.363 e. The average molecular weight is 699 g/mol. The second-order valence-electron chi connectivity index (χ2n) is 13.8. The number of aromatic nitrogens is 2. The van der Waals surface area contributed by atoms with E-state index in [-0.39, 0.29) is 0 Å². The van der Waals surface area contributed by atoms with Gasteiger partial charge in [0.2, 0.25) is 5.82 Å². The number of hydrogen-bond donors (Lipinski definition) is 0. The lowest BCUT2D eigenvalue weighted by Gasteiger charge is -2.25. The Morgan fingerprint density at radius 3 is 1.37 bits per heavy atom. The molecule has 10 rings (SSSR count). The Hall–Kier alpha value is -7.42. The number of hydrogen-bond acceptors (Lipinski definition) is 5. The molecule has 0 fully saturated rings. The van der Waals surface area contributed by atoms with E-state index in [2.05, 4.69) is 185 Å². The van der Waals surface area contributed by atoms with E-state index in [1.165, 1.54) is 21.5 Å². The highest BCUT2D eigenvalue weighted by atomic mass is 15.4. The number of rotatable bonds is 7. The lowest BCUT2D eigenvalue weighted by molar-refractivity contribution is 0.304. The summed E-state index contributed by atoms with van der Waals surface area (Å²) in [4.78, 5) is 12.4. The molecular weight excluding hydrogens is 665 g/mol. The molecule has 0 saturated heterocycles. The lowest BCUT2D eigenvalue weighted by Crippen LogP contribution is -2.36. The molecule has 4 heterocycles. The first kappa shape index (κ1) is 31.3. The smallest absolute Gasteiger partial charge is 0.243 e. The first-order valence-corrected chi connectivity index (χ1v) is 18.1. The van der Waals surface area contributed by atoms with Gasteiger partial charge in [0.25, 0.3) is 0 Å². The van der Waals surface area contributed by atoms with Crippen LogP contribution in [0.2, 0.25) is 0 Å². The molecule has 54 heavy (non-hydrogen) atoms. The number of nitrogens with zero attached hydrogens (tertiary/aromatic N) is 8. The third-order valence-electron chi connectivity index (χ3n) is 10.7. The Morgan fingerprint density at radius 2 is 0.907 bits per heavy atom. The molecule has 8 aromatic rings. The van der Waals surface area contributed by atoms with Gasteiger partial charge in [-0.15, -0.1) is 0 Å². The van der Waals surface area contributed by atoms with Crippen molar-refractivity contribution in [3.05, 3.63) is 181 Å². The zero-order valence-electron chi connectivity index (χ0n) is 29.4. The van der Waals surface area contributed by atoms with Crippen LogP contribution in [0.15, 0.2) is 170 Å². The Labute approximate surface area is 312 Å². The monoisotopic (exact) mass is 698 g/mol. The van der Waals surface area contributed by atoms with Crippen LogP contribution >= 0.6 is 0 Å². The number of nitriles is 1. The Morgan fingerprint density at radius 1 is 0.500 bits per heavy atom. The van der Waals surface area contributed by atoms with Gasteiger partial charge in [0.15, 0.2) is 0 Å². The lowest BCUT2D eigenvalue weighted by atomic mass is 10.2. The van der Waals surface area contributed by atoms with Crippen LogP contribution in [0.25, 0.3) is 59.8 Å². The second kappa shape index (κ2) is 12.7. The number of para-hydroxylation sites is 4. The summed E-state index contributed by atoms with van der Waals surface area (Å²) in [7, 11) is 0. The van der Waals surface area contributed by atoms with Crippen molar-refractivity contribution in [1.82, 2.24) is 18.9 Å². The molecule has 6 aromatic carbocycles. The molecule has 258 valence electrons. The van der Waals surface area contributed by atoms with Gasteiger partial charge in [0.1, 0.15) is 18.4 Å². The normalized spacial score (nSPS) is 14.3. The van der Waals surface area contributed by atoms with Gasteiger partial charge >= 0.3 is 0 Å². The molecule has 0 aliphatic carbocycles. The molecular formula is C46H34N8. The van der Waals surface area contributed by atoms with Crippen molar-refractivity contribution in [3.63, 3.8) is 0 Å². The zero-order valence-corrected chi connectivity index (χ0v) is 29.4. The maximum absolute atomic E-state index is 10.2. The molecule has 0 atom stereocenters. The highest BCUT2D eigenvalue weighted by Crippen LogP contribution is 2.36. The molecule has 0 spiro atoms. The minimum absolute atomic E-state index is 0.551. The van der Waals surface area contributed by atoms with E-state index in [1.54, 1.807) is 0 Å². The van der Waals surface area contributed by atoms with Crippen molar-refractivity contribution in [2.75, 3.05) is 36.2 Å². The van der Waals surface area contributed by atoms with Crippen LogP contribution in [0.5, 0.6) is 0 Å². The van der Waals surface area contributed by atoms with Crippen LogP contribution in [-0.4, -0.2) is 45.4 Å². The molecule has 0 saturated carbocycles. The minimum atomic E-state index is 0.551. The largest absolute Gasteiger partial charge is 0.363 e. The third-order valence-corrected chi connectivity index (χ3v) is 10.7. The van der Waals surface area contributed by atoms with Crippen LogP contribution in [-0.2, 0) is 0 Å². The predicted molar refractivity (Wildman–Crippen MR) is 218 cm³/mol. The third kappa shape index (κ3) is 5.04. The number of anilines is 2. The van der Waals surface area contributed by atoms with Crippen LogP contribution in [0, 0.1) is 17.9 Å². The average Bonchev–Trinajstić information content (AvgIpc) is 4.01. The predicted octanol–water partition coefficient (Wildman–Crippen LogP) is 9.82. The van der Waals surface area contributed by atoms with E-state index in [1.807, 2.05) is 12.4 Å². The van der Waals surface area contributed by atoms with E-state index in [0.717, 1.165) is 44.8 Å². The van der Waals surface area contributed by atoms with Crippen LogP contribution in [0.1, 0.15) is 0 Å². The Kier molecular flexibility index (Phi) is 7.35. The fraction of sp³-hybridized carbons (Fsp3) is 0.0870.